The van der Waals surface area contributed by atoms with E-state index in [1.54, 1.807) is 6.92 Å². The van der Waals surface area contributed by atoms with E-state index < -0.39 is 10.0 Å². The molecule has 0 aliphatic carbocycles. The van der Waals surface area contributed by atoms with Crippen molar-refractivity contribution in [2.24, 2.45) is 0 Å². The second-order valence-electron chi connectivity index (χ2n) is 4.91. The number of rotatable bonds is 6. The first-order valence-electron chi connectivity index (χ1n) is 6.83. The fraction of sp³-hybridized carbons (Fsp3) is 0.692. The summed E-state index contributed by atoms with van der Waals surface area (Å²) in [6.45, 7) is 6.39. The van der Waals surface area contributed by atoms with Gasteiger partial charge >= 0.3 is 0 Å². The molecule has 0 radical (unpaired) electrons. The van der Waals surface area contributed by atoms with E-state index in [0.717, 1.165) is 24.5 Å². The van der Waals surface area contributed by atoms with Crippen LogP contribution < -0.4 is 4.72 Å². The lowest BCUT2D eigenvalue weighted by Gasteiger charge is -2.15. The second-order valence-corrected chi connectivity index (χ2v) is 6.96. The van der Waals surface area contributed by atoms with Crippen molar-refractivity contribution >= 4 is 10.0 Å². The Morgan fingerprint density at radius 2 is 2.11 bits per heavy atom. The highest BCUT2D eigenvalue weighted by atomic mass is 32.2. The van der Waals surface area contributed by atoms with Crippen molar-refractivity contribution in [3.63, 3.8) is 0 Å². The molecular formula is C13H22N2O3S. The highest BCUT2D eigenvalue weighted by Gasteiger charge is 2.32. The standard InChI is InChI=1S/C13H22N2O3S/c1-3-11-5-6-12(18-11)9-15-8-7-13(10-15)19(16,17)14-4-2/h5-6,13-14H,3-4,7-10H2,1-2H3. The molecule has 19 heavy (non-hydrogen) atoms. The van der Waals surface area contributed by atoms with Crippen LogP contribution in [-0.2, 0) is 23.0 Å². The minimum Gasteiger partial charge on any atom is -0.465 e. The number of likely N-dealkylation sites (tertiary alicyclic amines) is 1. The summed E-state index contributed by atoms with van der Waals surface area (Å²) in [4.78, 5) is 2.14. The zero-order valence-corrected chi connectivity index (χ0v) is 12.4. The Labute approximate surface area is 115 Å². The van der Waals surface area contributed by atoms with Crippen LogP contribution in [0.2, 0.25) is 0 Å². The molecule has 0 spiro atoms. The van der Waals surface area contributed by atoms with Crippen LogP contribution >= 0.6 is 0 Å². The van der Waals surface area contributed by atoms with Crippen LogP contribution in [0.5, 0.6) is 0 Å². The summed E-state index contributed by atoms with van der Waals surface area (Å²) < 4.78 is 32.1. The van der Waals surface area contributed by atoms with Gasteiger partial charge in [-0.2, -0.15) is 0 Å². The van der Waals surface area contributed by atoms with E-state index in [1.165, 1.54) is 0 Å². The van der Waals surface area contributed by atoms with Gasteiger partial charge in [0.1, 0.15) is 11.5 Å². The number of hydrogen-bond acceptors (Lipinski definition) is 4. The summed E-state index contributed by atoms with van der Waals surface area (Å²) in [6.07, 6.45) is 1.58. The molecule has 1 atom stereocenters. The molecule has 1 aliphatic heterocycles. The summed E-state index contributed by atoms with van der Waals surface area (Å²) in [5.41, 5.74) is 0. The highest BCUT2D eigenvalue weighted by Crippen LogP contribution is 2.19. The van der Waals surface area contributed by atoms with Gasteiger partial charge in [0.15, 0.2) is 0 Å². The van der Waals surface area contributed by atoms with E-state index in [2.05, 4.69) is 16.5 Å². The van der Waals surface area contributed by atoms with E-state index >= 15 is 0 Å². The number of hydrogen-bond donors (Lipinski definition) is 1. The van der Waals surface area contributed by atoms with Gasteiger partial charge in [-0.25, -0.2) is 13.1 Å². The molecule has 1 fully saturated rings. The Hall–Kier alpha value is -0.850. The first-order valence-corrected chi connectivity index (χ1v) is 8.38. The lowest BCUT2D eigenvalue weighted by Crippen LogP contribution is -2.36. The van der Waals surface area contributed by atoms with Gasteiger partial charge in [-0.3, -0.25) is 4.90 Å². The number of nitrogens with zero attached hydrogens (tertiary/aromatic N) is 1. The third-order valence-corrected chi connectivity index (χ3v) is 5.41. The Morgan fingerprint density at radius 3 is 2.74 bits per heavy atom. The molecule has 1 aromatic rings. The SMILES string of the molecule is CCNS(=O)(=O)C1CCN(Cc2ccc(CC)o2)C1. The van der Waals surface area contributed by atoms with Crippen LogP contribution in [0, 0.1) is 0 Å². The van der Waals surface area contributed by atoms with E-state index in [4.69, 9.17) is 4.42 Å². The molecule has 1 N–H and O–H groups in total. The van der Waals surface area contributed by atoms with Crippen molar-refractivity contribution in [1.29, 1.82) is 0 Å². The van der Waals surface area contributed by atoms with Crippen LogP contribution in [0.25, 0.3) is 0 Å². The lowest BCUT2D eigenvalue weighted by atomic mass is 10.3. The van der Waals surface area contributed by atoms with Crippen molar-refractivity contribution in [2.75, 3.05) is 19.6 Å². The van der Waals surface area contributed by atoms with Gasteiger partial charge in [0.05, 0.1) is 11.8 Å². The zero-order chi connectivity index (χ0) is 13.9. The van der Waals surface area contributed by atoms with Gasteiger partial charge in [-0.05, 0) is 18.6 Å². The molecule has 0 saturated carbocycles. The summed E-state index contributed by atoms with van der Waals surface area (Å²) in [5, 5.41) is -0.298. The van der Waals surface area contributed by atoms with E-state index in [1.807, 2.05) is 12.1 Å². The van der Waals surface area contributed by atoms with E-state index in [-0.39, 0.29) is 5.25 Å². The third-order valence-electron chi connectivity index (χ3n) is 3.46. The van der Waals surface area contributed by atoms with Gasteiger partial charge < -0.3 is 4.42 Å². The fourth-order valence-electron chi connectivity index (χ4n) is 2.43. The van der Waals surface area contributed by atoms with Gasteiger partial charge in [-0.1, -0.05) is 13.8 Å². The quantitative estimate of drug-likeness (QED) is 0.857. The van der Waals surface area contributed by atoms with Crippen LogP contribution in [0.3, 0.4) is 0 Å². The molecule has 5 nitrogen and oxygen atoms in total. The molecule has 6 heteroatoms. The Morgan fingerprint density at radius 1 is 1.37 bits per heavy atom. The van der Waals surface area contributed by atoms with E-state index in [0.29, 0.717) is 26.1 Å². The number of aryl methyl sites for hydroxylation is 1. The van der Waals surface area contributed by atoms with Crippen LogP contribution in [0.15, 0.2) is 16.5 Å². The van der Waals surface area contributed by atoms with Crippen molar-refractivity contribution in [2.45, 2.75) is 38.5 Å². The molecule has 0 aromatic carbocycles. The molecule has 1 aliphatic rings. The van der Waals surface area contributed by atoms with Crippen LogP contribution in [-0.4, -0.2) is 38.2 Å². The predicted molar refractivity (Wildman–Crippen MR) is 74.4 cm³/mol. The van der Waals surface area contributed by atoms with E-state index in [9.17, 15) is 8.42 Å². The highest BCUT2D eigenvalue weighted by molar-refractivity contribution is 7.90. The molecule has 1 unspecified atom stereocenters. The molecule has 108 valence electrons. The Bertz CT molecular complexity index is 510. The molecule has 0 bridgehead atoms. The third kappa shape index (κ3) is 3.58. The normalized spacial score (nSPS) is 21.1. The van der Waals surface area contributed by atoms with Crippen LogP contribution in [0.1, 0.15) is 31.8 Å². The topological polar surface area (TPSA) is 62.6 Å². The molecule has 1 saturated heterocycles. The largest absolute Gasteiger partial charge is 0.465 e. The van der Waals surface area contributed by atoms with Crippen molar-refractivity contribution < 1.29 is 12.8 Å². The summed E-state index contributed by atoms with van der Waals surface area (Å²) in [6, 6.07) is 3.96. The summed E-state index contributed by atoms with van der Waals surface area (Å²) in [7, 11) is -3.16. The molecule has 2 rings (SSSR count). The molecule has 0 amide bonds. The Kier molecular flexibility index (Phi) is 4.65. The molecule has 2 heterocycles. The lowest BCUT2D eigenvalue weighted by molar-refractivity contribution is 0.293. The van der Waals surface area contributed by atoms with Crippen molar-refractivity contribution in [3.05, 3.63) is 23.7 Å². The maximum atomic E-state index is 11.9. The monoisotopic (exact) mass is 286 g/mol. The fourth-order valence-corrected chi connectivity index (χ4v) is 3.89. The van der Waals surface area contributed by atoms with Crippen molar-refractivity contribution in [1.82, 2.24) is 9.62 Å². The smallest absolute Gasteiger partial charge is 0.215 e. The van der Waals surface area contributed by atoms with Gasteiger partial charge in [0.25, 0.3) is 0 Å². The van der Waals surface area contributed by atoms with Gasteiger partial charge in [-0.15, -0.1) is 0 Å². The minimum atomic E-state index is -3.16. The number of furan rings is 1. The first-order chi connectivity index (χ1) is 9.05. The number of nitrogens with one attached hydrogen (secondary N) is 1. The second kappa shape index (κ2) is 6.07. The molecular weight excluding hydrogens is 264 g/mol. The maximum Gasteiger partial charge on any atom is 0.215 e. The van der Waals surface area contributed by atoms with Gasteiger partial charge in [0.2, 0.25) is 10.0 Å². The Balaban J connectivity index is 1.92. The number of sulfonamides is 1. The van der Waals surface area contributed by atoms with Gasteiger partial charge in [0, 0.05) is 26.1 Å². The minimum absolute atomic E-state index is 0.298. The summed E-state index contributed by atoms with van der Waals surface area (Å²) >= 11 is 0. The predicted octanol–water partition coefficient (Wildman–Crippen LogP) is 1.36. The maximum absolute atomic E-state index is 11.9. The van der Waals surface area contributed by atoms with Crippen LogP contribution in [0.4, 0.5) is 0 Å². The zero-order valence-electron chi connectivity index (χ0n) is 11.6. The average molecular weight is 286 g/mol. The summed E-state index contributed by atoms with van der Waals surface area (Å²) in [5.74, 6) is 1.89. The first kappa shape index (κ1) is 14.6. The average Bonchev–Trinajstić information content (AvgIpc) is 2.99. The molecule has 1 aromatic heterocycles. The van der Waals surface area contributed by atoms with Crippen molar-refractivity contribution in [3.8, 4) is 0 Å².